The maximum Gasteiger partial charge on any atom is 0.261 e. The highest BCUT2D eigenvalue weighted by atomic mass is 35.5. The van der Waals surface area contributed by atoms with E-state index < -0.39 is 11.6 Å². The summed E-state index contributed by atoms with van der Waals surface area (Å²) >= 11 is 12.3. The molecule has 32 heavy (non-hydrogen) atoms. The molecule has 0 heterocycles. The molecule has 2 rings (SSSR count). The van der Waals surface area contributed by atoms with Crippen LogP contribution in [0.3, 0.4) is 0 Å². The molecule has 5 nitrogen and oxygen atoms in total. The molecule has 1 N–H and O–H groups in total. The highest BCUT2D eigenvalue weighted by molar-refractivity contribution is 6.35. The van der Waals surface area contributed by atoms with Crippen molar-refractivity contribution in [2.45, 2.75) is 65.6 Å². The summed E-state index contributed by atoms with van der Waals surface area (Å²) < 4.78 is 5.72. The summed E-state index contributed by atoms with van der Waals surface area (Å²) in [6.07, 6.45) is 0. The molecule has 0 unspecified atom stereocenters. The lowest BCUT2D eigenvalue weighted by molar-refractivity contribution is -0.142. The minimum absolute atomic E-state index is 0.156. The normalized spacial score (nSPS) is 12.4. The van der Waals surface area contributed by atoms with Crippen LogP contribution in [0.1, 0.15) is 58.6 Å². The van der Waals surface area contributed by atoms with Crippen LogP contribution in [-0.4, -0.2) is 34.9 Å². The largest absolute Gasteiger partial charge is 0.484 e. The number of nitrogens with zero attached hydrogens (tertiary/aromatic N) is 1. The van der Waals surface area contributed by atoms with E-state index in [-0.39, 0.29) is 25.0 Å². The van der Waals surface area contributed by atoms with Gasteiger partial charge in [-0.3, -0.25) is 9.59 Å². The zero-order valence-corrected chi connectivity index (χ0v) is 21.1. The lowest BCUT2D eigenvalue weighted by atomic mass is 10.0. The predicted octanol–water partition coefficient (Wildman–Crippen LogP) is 5.83. The Morgan fingerprint density at radius 1 is 1.03 bits per heavy atom. The van der Waals surface area contributed by atoms with Gasteiger partial charge in [-0.1, -0.05) is 55.2 Å². The number of halogens is 2. The third-order valence-electron chi connectivity index (χ3n) is 4.93. The quantitative estimate of drug-likeness (QED) is 0.519. The van der Waals surface area contributed by atoms with Gasteiger partial charge in [-0.2, -0.15) is 0 Å². The van der Waals surface area contributed by atoms with Crippen molar-refractivity contribution in [3.63, 3.8) is 0 Å². The Bertz CT molecular complexity index is 937. The molecular weight excluding hydrogens is 447 g/mol. The van der Waals surface area contributed by atoms with Crippen molar-refractivity contribution in [1.29, 1.82) is 0 Å². The first kappa shape index (κ1) is 26.0. The SMILES string of the molecule is CC(C)c1ccc(OCC(=O)N(Cc2ccc(Cl)cc2Cl)[C@H](C)C(=O)NC(C)(C)C)cc1. The van der Waals surface area contributed by atoms with Gasteiger partial charge in [0, 0.05) is 22.1 Å². The zero-order chi connectivity index (χ0) is 24.1. The van der Waals surface area contributed by atoms with Crippen LogP contribution in [0, 0.1) is 0 Å². The van der Waals surface area contributed by atoms with Crippen molar-refractivity contribution in [1.82, 2.24) is 10.2 Å². The highest BCUT2D eigenvalue weighted by Gasteiger charge is 2.29. The van der Waals surface area contributed by atoms with E-state index in [1.54, 1.807) is 25.1 Å². The maximum absolute atomic E-state index is 13.1. The average Bonchev–Trinajstić information content (AvgIpc) is 2.70. The third-order valence-corrected chi connectivity index (χ3v) is 5.52. The first-order chi connectivity index (χ1) is 14.9. The molecule has 2 aromatic rings. The molecule has 0 aliphatic rings. The van der Waals surface area contributed by atoms with Gasteiger partial charge in [-0.05, 0) is 69.0 Å². The van der Waals surface area contributed by atoms with Crippen LogP contribution in [0.2, 0.25) is 10.0 Å². The van der Waals surface area contributed by atoms with Gasteiger partial charge in [0.15, 0.2) is 6.61 Å². The van der Waals surface area contributed by atoms with Crippen molar-refractivity contribution in [2.75, 3.05) is 6.61 Å². The van der Waals surface area contributed by atoms with Crippen molar-refractivity contribution >= 4 is 35.0 Å². The lowest BCUT2D eigenvalue weighted by Gasteiger charge is -2.31. The van der Waals surface area contributed by atoms with E-state index in [0.29, 0.717) is 27.3 Å². The number of nitrogens with one attached hydrogen (secondary N) is 1. The summed E-state index contributed by atoms with van der Waals surface area (Å²) in [5, 5.41) is 3.86. The van der Waals surface area contributed by atoms with Gasteiger partial charge in [-0.15, -0.1) is 0 Å². The van der Waals surface area contributed by atoms with Gasteiger partial charge in [0.2, 0.25) is 5.91 Å². The molecule has 1 atom stereocenters. The van der Waals surface area contributed by atoms with Gasteiger partial charge in [-0.25, -0.2) is 0 Å². The Morgan fingerprint density at radius 2 is 1.66 bits per heavy atom. The number of rotatable bonds is 8. The number of amides is 2. The van der Waals surface area contributed by atoms with Crippen LogP contribution in [0.15, 0.2) is 42.5 Å². The van der Waals surface area contributed by atoms with Crippen LogP contribution < -0.4 is 10.1 Å². The zero-order valence-electron chi connectivity index (χ0n) is 19.5. The van der Waals surface area contributed by atoms with Crippen molar-refractivity contribution in [3.05, 3.63) is 63.6 Å². The number of ether oxygens (including phenoxy) is 1. The van der Waals surface area contributed by atoms with E-state index in [9.17, 15) is 9.59 Å². The summed E-state index contributed by atoms with van der Waals surface area (Å²) in [6, 6.07) is 12.0. The Balaban J connectivity index is 2.19. The van der Waals surface area contributed by atoms with E-state index >= 15 is 0 Å². The van der Waals surface area contributed by atoms with Gasteiger partial charge < -0.3 is 15.0 Å². The molecule has 2 aromatic carbocycles. The van der Waals surface area contributed by atoms with Gasteiger partial charge >= 0.3 is 0 Å². The molecule has 0 aromatic heterocycles. The topological polar surface area (TPSA) is 58.6 Å². The second-order valence-electron chi connectivity index (χ2n) is 9.19. The first-order valence-corrected chi connectivity index (χ1v) is 11.4. The van der Waals surface area contributed by atoms with Gasteiger partial charge in [0.25, 0.3) is 5.91 Å². The fraction of sp³-hybridized carbons (Fsp3) is 0.440. The van der Waals surface area contributed by atoms with Crippen molar-refractivity contribution < 1.29 is 14.3 Å². The molecule has 7 heteroatoms. The summed E-state index contributed by atoms with van der Waals surface area (Å²) in [4.78, 5) is 27.4. The fourth-order valence-corrected chi connectivity index (χ4v) is 3.54. The summed E-state index contributed by atoms with van der Waals surface area (Å²) in [7, 11) is 0. The monoisotopic (exact) mass is 478 g/mol. The van der Waals surface area contributed by atoms with Crippen molar-refractivity contribution in [2.24, 2.45) is 0 Å². The average molecular weight is 479 g/mol. The summed E-state index contributed by atoms with van der Waals surface area (Å²) in [6.45, 7) is 11.6. The van der Waals surface area contributed by atoms with E-state index in [1.165, 1.54) is 10.5 Å². The van der Waals surface area contributed by atoms with Crippen LogP contribution in [0.25, 0.3) is 0 Å². The van der Waals surface area contributed by atoms with Crippen LogP contribution >= 0.6 is 23.2 Å². The van der Waals surface area contributed by atoms with Gasteiger partial charge in [0.05, 0.1) is 0 Å². The van der Waals surface area contributed by atoms with Crippen LogP contribution in [0.4, 0.5) is 0 Å². The molecule has 0 aliphatic carbocycles. The minimum atomic E-state index is -0.722. The fourth-order valence-electron chi connectivity index (χ4n) is 3.07. The number of hydrogen-bond donors (Lipinski definition) is 1. The van der Waals surface area contributed by atoms with Gasteiger partial charge in [0.1, 0.15) is 11.8 Å². The van der Waals surface area contributed by atoms with E-state index in [1.807, 2.05) is 45.0 Å². The summed E-state index contributed by atoms with van der Waals surface area (Å²) in [5.74, 6) is 0.434. The molecule has 0 saturated carbocycles. The number of hydrogen-bond acceptors (Lipinski definition) is 3. The lowest BCUT2D eigenvalue weighted by Crippen LogP contribution is -2.53. The van der Waals surface area contributed by atoms with Crippen LogP contribution in [-0.2, 0) is 16.1 Å². The number of benzene rings is 2. The maximum atomic E-state index is 13.1. The summed E-state index contributed by atoms with van der Waals surface area (Å²) in [5.41, 5.74) is 1.46. The number of carbonyl (C=O) groups excluding carboxylic acids is 2. The first-order valence-electron chi connectivity index (χ1n) is 10.7. The Labute approximate surface area is 201 Å². The smallest absolute Gasteiger partial charge is 0.261 e. The highest BCUT2D eigenvalue weighted by Crippen LogP contribution is 2.24. The van der Waals surface area contributed by atoms with Crippen molar-refractivity contribution in [3.8, 4) is 5.75 Å². The molecule has 0 aliphatic heterocycles. The second kappa shape index (κ2) is 11.1. The van der Waals surface area contributed by atoms with E-state index in [2.05, 4.69) is 19.2 Å². The van der Waals surface area contributed by atoms with E-state index in [4.69, 9.17) is 27.9 Å². The Morgan fingerprint density at radius 3 is 2.19 bits per heavy atom. The third kappa shape index (κ3) is 7.72. The second-order valence-corrected chi connectivity index (χ2v) is 10.0. The van der Waals surface area contributed by atoms with E-state index in [0.717, 1.165) is 0 Å². The molecule has 0 saturated heterocycles. The standard InChI is InChI=1S/C25H32Cl2N2O3/c1-16(2)18-8-11-21(12-9-18)32-15-23(30)29(17(3)24(31)28-25(4,5)6)14-19-7-10-20(26)13-22(19)27/h7-13,16-17H,14-15H2,1-6H3,(H,28,31)/t17-/m1/s1. The van der Waals surface area contributed by atoms with Crippen LogP contribution in [0.5, 0.6) is 5.75 Å². The Hall–Kier alpha value is -2.24. The predicted molar refractivity (Wildman–Crippen MR) is 130 cm³/mol. The molecule has 0 fully saturated rings. The molecule has 0 spiro atoms. The molecule has 174 valence electrons. The molecular formula is C25H32Cl2N2O3. The number of carbonyl (C=O) groups is 2. The molecule has 0 radical (unpaired) electrons. The molecule has 2 amide bonds. The Kier molecular flexibility index (Phi) is 8.99. The minimum Gasteiger partial charge on any atom is -0.484 e. The molecule has 0 bridgehead atoms.